The smallest absolute Gasteiger partial charge is 0.306 e. The van der Waals surface area contributed by atoms with Crippen LogP contribution in [0.2, 0.25) is 0 Å². The van der Waals surface area contributed by atoms with Gasteiger partial charge in [-0.3, -0.25) is 14.4 Å². The molecular weight excluding hydrogens is 805 g/mol. The minimum Gasteiger partial charge on any atom is -0.462 e. The van der Waals surface area contributed by atoms with Gasteiger partial charge in [0.05, 0.1) is 0 Å². The van der Waals surface area contributed by atoms with Crippen LogP contribution in [0.25, 0.3) is 32.3 Å². The molecule has 0 amide bonds. The zero-order chi connectivity index (χ0) is 46.0. The number of unbranched alkanes of at least 4 members (excludes halogenated alkanes) is 22. The molecule has 65 heavy (non-hydrogen) atoms. The number of allylic oxidation sites excluding steroid dienone is 4. The minimum atomic E-state index is -0.840. The Hall–Kier alpha value is -4.19. The molecule has 358 valence electrons. The van der Waals surface area contributed by atoms with Gasteiger partial charge in [0.15, 0.2) is 6.10 Å². The number of carbonyl (C=O) groups is 3. The lowest BCUT2D eigenvalue weighted by Crippen LogP contribution is -2.31. The number of hydrogen-bond acceptors (Lipinski definition) is 6. The second-order valence-electron chi connectivity index (χ2n) is 18.6. The van der Waals surface area contributed by atoms with Crippen LogP contribution in [0.4, 0.5) is 0 Å². The predicted octanol–water partition coefficient (Wildman–Crippen LogP) is 17.0. The summed E-state index contributed by atoms with van der Waals surface area (Å²) in [4.78, 5) is 38.7. The molecule has 0 bridgehead atoms. The molecule has 4 aromatic rings. The molecule has 6 heteroatoms. The number of esters is 3. The second kappa shape index (κ2) is 34.2. The van der Waals surface area contributed by atoms with Crippen molar-refractivity contribution >= 4 is 50.2 Å². The number of carbonyl (C=O) groups excluding carboxylic acids is 3. The van der Waals surface area contributed by atoms with Gasteiger partial charge in [0.1, 0.15) is 13.2 Å². The van der Waals surface area contributed by atoms with E-state index in [1.54, 1.807) is 0 Å². The highest BCUT2D eigenvalue weighted by Crippen LogP contribution is 2.36. The molecule has 0 atom stereocenters. The first kappa shape index (κ1) is 53.4. The van der Waals surface area contributed by atoms with E-state index in [1.165, 1.54) is 141 Å². The van der Waals surface area contributed by atoms with Crippen molar-refractivity contribution in [3.63, 3.8) is 0 Å². The summed E-state index contributed by atoms with van der Waals surface area (Å²) in [7, 11) is 0. The summed E-state index contributed by atoms with van der Waals surface area (Å²) in [5.41, 5.74) is 1.20. The Kier molecular flexibility index (Phi) is 28.1. The fraction of sp³-hybridized carbons (Fsp3) is 0.610. The molecule has 0 N–H and O–H groups in total. The fourth-order valence-electron chi connectivity index (χ4n) is 8.99. The van der Waals surface area contributed by atoms with Gasteiger partial charge >= 0.3 is 17.9 Å². The first-order valence-electron chi connectivity index (χ1n) is 26.5. The average molecular weight is 891 g/mol. The summed E-state index contributed by atoms with van der Waals surface area (Å²) in [6.07, 6.45) is 41.8. The van der Waals surface area contributed by atoms with Crippen molar-refractivity contribution in [2.75, 3.05) is 13.2 Å². The quantitative estimate of drug-likeness (QED) is 0.0146. The SMILES string of the molecule is CCCCCCCCC=CCCCCCCCC(=O)OCC(COC(=O)CCCCCCCC=CCCCCCCCC)OC(=O)CCCc1ccc2ccc3cccc4ccc1c2c34. The number of aryl methyl sites for hydroxylation is 1. The second-order valence-corrected chi connectivity index (χ2v) is 18.6. The zero-order valence-electron chi connectivity index (χ0n) is 40.9. The highest BCUT2D eigenvalue weighted by atomic mass is 16.6. The van der Waals surface area contributed by atoms with Gasteiger partial charge in [-0.15, -0.1) is 0 Å². The lowest BCUT2D eigenvalue weighted by molar-refractivity contribution is -0.167. The van der Waals surface area contributed by atoms with E-state index in [1.807, 2.05) is 0 Å². The van der Waals surface area contributed by atoms with E-state index >= 15 is 0 Å². The molecule has 0 unspecified atom stereocenters. The van der Waals surface area contributed by atoms with Crippen molar-refractivity contribution in [3.05, 3.63) is 84.5 Å². The molecule has 0 aliphatic carbocycles. The Balaban J connectivity index is 1.14. The van der Waals surface area contributed by atoms with Gasteiger partial charge < -0.3 is 14.2 Å². The van der Waals surface area contributed by atoms with Crippen molar-refractivity contribution in [2.24, 2.45) is 0 Å². The van der Waals surface area contributed by atoms with Gasteiger partial charge in [-0.05, 0) is 115 Å². The Morgan fingerprint density at radius 2 is 0.831 bits per heavy atom. The molecule has 0 fully saturated rings. The number of ether oxygens (including phenoxy) is 3. The molecule has 0 saturated heterocycles. The summed E-state index contributed by atoms with van der Waals surface area (Å²) < 4.78 is 17.0. The monoisotopic (exact) mass is 891 g/mol. The van der Waals surface area contributed by atoms with Crippen LogP contribution in [0.5, 0.6) is 0 Å². The lowest BCUT2D eigenvalue weighted by atomic mass is 9.90. The Bertz CT molecular complexity index is 1870. The standard InChI is InChI=1S/C59H86O6/c1-3-5-7-9-11-13-15-17-19-21-23-25-27-29-31-38-55(60)63-47-53(48-64-56(61)39-32-30-28-26-24-22-20-18-16-14-12-10-8-6-4-2)65-57(62)40-34-35-49-41-42-52-44-43-50-36-33-37-51-45-46-54(49)59(52)58(50)51/h17-20,33,36-37,41-46,53H,3-16,21-32,34-35,38-40,47-48H2,1-2H3. The van der Waals surface area contributed by atoms with Crippen LogP contribution in [0.15, 0.2) is 78.9 Å². The van der Waals surface area contributed by atoms with E-state index in [4.69, 9.17) is 14.2 Å². The summed E-state index contributed by atoms with van der Waals surface area (Å²) in [5.74, 6) is -0.996. The third-order valence-corrected chi connectivity index (χ3v) is 12.9. The highest BCUT2D eigenvalue weighted by molar-refractivity contribution is 6.23. The van der Waals surface area contributed by atoms with Gasteiger partial charge in [-0.25, -0.2) is 0 Å². The van der Waals surface area contributed by atoms with Crippen molar-refractivity contribution in [3.8, 4) is 0 Å². The topological polar surface area (TPSA) is 78.9 Å². The molecule has 4 aromatic carbocycles. The maximum Gasteiger partial charge on any atom is 0.306 e. The highest BCUT2D eigenvalue weighted by Gasteiger charge is 2.20. The van der Waals surface area contributed by atoms with Crippen LogP contribution in [-0.4, -0.2) is 37.2 Å². The Morgan fingerprint density at radius 3 is 1.32 bits per heavy atom. The van der Waals surface area contributed by atoms with Gasteiger partial charge in [0.2, 0.25) is 0 Å². The molecule has 0 aliphatic heterocycles. The molecule has 0 aromatic heterocycles. The fourth-order valence-corrected chi connectivity index (χ4v) is 8.99. The molecule has 0 heterocycles. The van der Waals surface area contributed by atoms with E-state index in [2.05, 4.69) is 92.7 Å². The van der Waals surface area contributed by atoms with E-state index < -0.39 is 6.10 Å². The van der Waals surface area contributed by atoms with E-state index in [9.17, 15) is 14.4 Å². The van der Waals surface area contributed by atoms with E-state index in [-0.39, 0.29) is 37.5 Å². The third-order valence-electron chi connectivity index (χ3n) is 12.9. The van der Waals surface area contributed by atoms with Gasteiger partial charge in [0.25, 0.3) is 0 Å². The van der Waals surface area contributed by atoms with Crippen molar-refractivity contribution in [1.82, 2.24) is 0 Å². The molecule has 0 aliphatic rings. The predicted molar refractivity (Wildman–Crippen MR) is 274 cm³/mol. The lowest BCUT2D eigenvalue weighted by Gasteiger charge is -2.18. The average Bonchev–Trinajstić information content (AvgIpc) is 3.31. The van der Waals surface area contributed by atoms with Crippen LogP contribution in [-0.2, 0) is 35.0 Å². The van der Waals surface area contributed by atoms with Gasteiger partial charge in [-0.1, -0.05) is 195 Å². The molecule has 0 spiro atoms. The summed E-state index contributed by atoms with van der Waals surface area (Å²) in [6, 6.07) is 19.5. The van der Waals surface area contributed by atoms with Crippen LogP contribution in [0.1, 0.15) is 212 Å². The first-order valence-corrected chi connectivity index (χ1v) is 26.5. The minimum absolute atomic E-state index is 0.120. The number of benzene rings is 4. The Labute approximate surface area is 394 Å². The summed E-state index contributed by atoms with van der Waals surface area (Å²) >= 11 is 0. The summed E-state index contributed by atoms with van der Waals surface area (Å²) in [6.45, 7) is 4.28. The largest absolute Gasteiger partial charge is 0.462 e. The normalized spacial score (nSPS) is 12.3. The Morgan fingerprint density at radius 1 is 0.431 bits per heavy atom. The van der Waals surface area contributed by atoms with E-state index in [0.717, 1.165) is 70.6 Å². The van der Waals surface area contributed by atoms with Gasteiger partial charge in [0, 0.05) is 19.3 Å². The molecule has 4 rings (SSSR count). The maximum absolute atomic E-state index is 13.2. The number of rotatable bonds is 39. The maximum atomic E-state index is 13.2. The van der Waals surface area contributed by atoms with Crippen LogP contribution >= 0.6 is 0 Å². The summed E-state index contributed by atoms with van der Waals surface area (Å²) in [5, 5.41) is 7.45. The van der Waals surface area contributed by atoms with Crippen LogP contribution < -0.4 is 0 Å². The molecule has 0 radical (unpaired) electrons. The van der Waals surface area contributed by atoms with Crippen LogP contribution in [0, 0.1) is 0 Å². The molecular formula is C59H86O6. The van der Waals surface area contributed by atoms with Crippen molar-refractivity contribution in [1.29, 1.82) is 0 Å². The van der Waals surface area contributed by atoms with Crippen molar-refractivity contribution < 1.29 is 28.6 Å². The molecule has 0 saturated carbocycles. The van der Waals surface area contributed by atoms with Crippen LogP contribution in [0.3, 0.4) is 0 Å². The van der Waals surface area contributed by atoms with E-state index in [0.29, 0.717) is 19.3 Å². The number of hydrogen-bond donors (Lipinski definition) is 0. The molecule has 6 nitrogen and oxygen atoms in total. The third kappa shape index (κ3) is 22.2. The van der Waals surface area contributed by atoms with Crippen molar-refractivity contribution in [2.45, 2.75) is 219 Å². The zero-order valence-corrected chi connectivity index (χ0v) is 40.9. The first-order chi connectivity index (χ1) is 32.0. The van der Waals surface area contributed by atoms with Gasteiger partial charge in [-0.2, -0.15) is 0 Å².